The lowest BCUT2D eigenvalue weighted by Crippen LogP contribution is -2.60. The molecule has 3 amide bonds. The van der Waals surface area contributed by atoms with Gasteiger partial charge < -0.3 is 25.4 Å². The summed E-state index contributed by atoms with van der Waals surface area (Å²) in [7, 11) is 0. The third-order valence-corrected chi connectivity index (χ3v) is 7.95. The van der Waals surface area contributed by atoms with E-state index in [2.05, 4.69) is 26.6 Å². The summed E-state index contributed by atoms with van der Waals surface area (Å²) in [6.45, 7) is 9.95. The second kappa shape index (κ2) is 9.35. The Bertz CT molecular complexity index is 719. The molecule has 3 saturated heterocycles. The van der Waals surface area contributed by atoms with Crippen LogP contribution in [0.15, 0.2) is 0 Å². The number of alkyl halides is 1. The van der Waals surface area contributed by atoms with Crippen LogP contribution >= 0.6 is 15.9 Å². The van der Waals surface area contributed by atoms with Gasteiger partial charge in [0.2, 0.25) is 17.7 Å². The van der Waals surface area contributed by atoms with Crippen LogP contribution in [0.3, 0.4) is 0 Å². The molecule has 0 aromatic carbocycles. The summed E-state index contributed by atoms with van der Waals surface area (Å²) in [5.41, 5.74) is -1.08. The molecule has 0 radical (unpaired) electrons. The molecule has 3 aliphatic heterocycles. The third kappa shape index (κ3) is 3.91. The summed E-state index contributed by atoms with van der Waals surface area (Å²) in [4.78, 5) is 41.8. The third-order valence-electron chi connectivity index (χ3n) is 7.10. The molecule has 0 aliphatic carbocycles. The summed E-state index contributed by atoms with van der Waals surface area (Å²) < 4.78 is 6.42. The van der Waals surface area contributed by atoms with E-state index in [-0.39, 0.29) is 41.1 Å². The molecular formula is C22H36BrN3O5. The van der Waals surface area contributed by atoms with Crippen molar-refractivity contribution in [3.63, 3.8) is 0 Å². The predicted octanol–water partition coefficient (Wildman–Crippen LogP) is 1.19. The summed E-state index contributed by atoms with van der Waals surface area (Å²) in [5, 5.41) is 16.1. The normalized spacial score (nSPS) is 35.9. The van der Waals surface area contributed by atoms with Crippen molar-refractivity contribution >= 4 is 33.7 Å². The Kier molecular flexibility index (Phi) is 7.38. The maximum absolute atomic E-state index is 13.8. The van der Waals surface area contributed by atoms with Crippen molar-refractivity contribution < 1.29 is 24.2 Å². The van der Waals surface area contributed by atoms with E-state index in [1.807, 2.05) is 34.6 Å². The molecule has 0 aromatic rings. The van der Waals surface area contributed by atoms with E-state index in [4.69, 9.17) is 4.74 Å². The molecule has 3 rings (SSSR count). The Morgan fingerprint density at radius 2 is 1.97 bits per heavy atom. The number of ether oxygens (including phenoxy) is 1. The number of nitrogens with one attached hydrogen (secondary N) is 2. The van der Waals surface area contributed by atoms with E-state index in [9.17, 15) is 19.5 Å². The minimum atomic E-state index is -1.08. The fourth-order valence-electron chi connectivity index (χ4n) is 5.57. The number of rotatable bonds is 9. The predicted molar refractivity (Wildman–Crippen MR) is 119 cm³/mol. The molecule has 3 heterocycles. The van der Waals surface area contributed by atoms with Crippen LogP contribution in [0.2, 0.25) is 0 Å². The van der Waals surface area contributed by atoms with Crippen molar-refractivity contribution in [2.75, 3.05) is 13.2 Å². The first-order chi connectivity index (χ1) is 14.6. The van der Waals surface area contributed by atoms with Gasteiger partial charge in [0.15, 0.2) is 0 Å². The lowest BCUT2D eigenvalue weighted by Gasteiger charge is -2.39. The second-order valence-corrected chi connectivity index (χ2v) is 10.7. The van der Waals surface area contributed by atoms with E-state index in [0.29, 0.717) is 13.0 Å². The maximum atomic E-state index is 13.8. The first-order valence-electron chi connectivity index (χ1n) is 11.5. The molecule has 9 heteroatoms. The highest BCUT2D eigenvalue weighted by molar-refractivity contribution is 9.09. The summed E-state index contributed by atoms with van der Waals surface area (Å²) >= 11 is 3.65. The molecule has 8 atom stereocenters. The van der Waals surface area contributed by atoms with Gasteiger partial charge in [-0.15, -0.1) is 0 Å². The molecule has 0 aromatic heterocycles. The van der Waals surface area contributed by atoms with E-state index in [1.54, 1.807) is 0 Å². The number of aliphatic hydroxyl groups is 1. The van der Waals surface area contributed by atoms with Crippen LogP contribution in [0.5, 0.6) is 0 Å². The summed E-state index contributed by atoms with van der Waals surface area (Å²) in [5.74, 6) is -2.16. The minimum Gasteiger partial charge on any atom is -0.394 e. The van der Waals surface area contributed by atoms with Gasteiger partial charge in [0, 0.05) is 17.4 Å². The number of aliphatic hydroxyl groups excluding tert-OH is 1. The Morgan fingerprint density at radius 1 is 1.29 bits per heavy atom. The lowest BCUT2D eigenvalue weighted by molar-refractivity contribution is -0.147. The number of halogens is 1. The van der Waals surface area contributed by atoms with Crippen LogP contribution in [0, 0.1) is 17.8 Å². The van der Waals surface area contributed by atoms with Gasteiger partial charge in [0.1, 0.15) is 11.6 Å². The number of hydrogen-bond donors (Lipinski definition) is 3. The van der Waals surface area contributed by atoms with Gasteiger partial charge in [-0.2, -0.15) is 0 Å². The lowest BCUT2D eigenvalue weighted by atomic mass is 9.70. The molecule has 3 aliphatic rings. The van der Waals surface area contributed by atoms with Crippen molar-refractivity contribution in [1.82, 2.24) is 15.5 Å². The van der Waals surface area contributed by atoms with Gasteiger partial charge in [0.25, 0.3) is 0 Å². The zero-order valence-electron chi connectivity index (χ0n) is 19.1. The van der Waals surface area contributed by atoms with Crippen molar-refractivity contribution in [1.29, 1.82) is 0 Å². The Morgan fingerprint density at radius 3 is 2.52 bits per heavy atom. The van der Waals surface area contributed by atoms with Crippen molar-refractivity contribution in [3.8, 4) is 0 Å². The minimum absolute atomic E-state index is 0.0112. The number of fused-ring (bicyclic) bond motifs is 1. The van der Waals surface area contributed by atoms with Crippen LogP contribution in [0.25, 0.3) is 0 Å². The smallest absolute Gasteiger partial charge is 0.246 e. The quantitative estimate of drug-likeness (QED) is 0.411. The highest BCUT2D eigenvalue weighted by Crippen LogP contribution is 2.60. The van der Waals surface area contributed by atoms with E-state index in [0.717, 1.165) is 12.8 Å². The SMILES string of the molecule is CCCNC(=O)[C@H]1[C@@H]2OC3(CC2Br)C(C(=O)NC(C)C)N([C@@H](CO)[C@@H](C)CC)C(=O)[C@H]13. The molecule has 3 fully saturated rings. The molecule has 3 N–H and O–H groups in total. The number of carbonyl (C=O) groups is 3. The van der Waals surface area contributed by atoms with E-state index >= 15 is 0 Å². The average Bonchev–Trinajstić information content (AvgIpc) is 3.30. The topological polar surface area (TPSA) is 108 Å². The van der Waals surface area contributed by atoms with Crippen LogP contribution in [0.1, 0.15) is 53.9 Å². The van der Waals surface area contributed by atoms with Gasteiger partial charge >= 0.3 is 0 Å². The van der Waals surface area contributed by atoms with Crippen molar-refractivity contribution in [2.45, 2.75) is 88.5 Å². The van der Waals surface area contributed by atoms with Gasteiger partial charge in [-0.05, 0) is 32.6 Å². The standard InChI is InChI=1S/C22H36BrN3O5/c1-6-8-24-19(28)15-16-21(30)26(14(10-27)12(5)7-2)18(20(29)25-11(3)4)22(16)9-13(23)17(15)31-22/h11-18,27H,6-10H2,1-5H3,(H,24,28)(H,25,29)/t12-,13?,14-,15+,16-,17+,18?,22?/m0/s1. The first-order valence-corrected chi connectivity index (χ1v) is 12.4. The Hall–Kier alpha value is -1.19. The van der Waals surface area contributed by atoms with Gasteiger partial charge in [-0.1, -0.05) is 43.1 Å². The Balaban J connectivity index is 2.07. The molecule has 3 unspecified atom stereocenters. The molecule has 2 bridgehead atoms. The van der Waals surface area contributed by atoms with E-state index in [1.165, 1.54) is 4.90 Å². The van der Waals surface area contributed by atoms with Crippen LogP contribution in [-0.4, -0.2) is 75.5 Å². The van der Waals surface area contributed by atoms with Crippen molar-refractivity contribution in [2.24, 2.45) is 17.8 Å². The summed E-state index contributed by atoms with van der Waals surface area (Å²) in [6.07, 6.45) is 1.54. The average molecular weight is 502 g/mol. The number of carbonyl (C=O) groups excluding carboxylic acids is 3. The second-order valence-electron chi connectivity index (χ2n) is 9.50. The van der Waals surface area contributed by atoms with Crippen molar-refractivity contribution in [3.05, 3.63) is 0 Å². The number of hydrogen-bond acceptors (Lipinski definition) is 5. The highest BCUT2D eigenvalue weighted by atomic mass is 79.9. The zero-order chi connectivity index (χ0) is 23.1. The molecule has 176 valence electrons. The highest BCUT2D eigenvalue weighted by Gasteiger charge is 2.77. The number of nitrogens with zero attached hydrogens (tertiary/aromatic N) is 1. The summed E-state index contributed by atoms with van der Waals surface area (Å²) in [6, 6.07) is -1.51. The Labute approximate surface area is 193 Å². The van der Waals surface area contributed by atoms with Crippen LogP contribution in [-0.2, 0) is 19.1 Å². The van der Waals surface area contributed by atoms with E-state index < -0.39 is 35.6 Å². The van der Waals surface area contributed by atoms with Crippen LogP contribution < -0.4 is 10.6 Å². The molecule has 1 spiro atoms. The molecule has 8 nitrogen and oxygen atoms in total. The fourth-order valence-corrected chi connectivity index (χ4v) is 6.51. The van der Waals surface area contributed by atoms with Crippen LogP contribution in [0.4, 0.5) is 0 Å². The van der Waals surface area contributed by atoms with Gasteiger partial charge in [0.05, 0.1) is 30.6 Å². The number of amides is 3. The monoisotopic (exact) mass is 501 g/mol. The van der Waals surface area contributed by atoms with Gasteiger partial charge in [-0.25, -0.2) is 0 Å². The fraction of sp³-hybridized carbons (Fsp3) is 0.864. The first kappa shape index (κ1) is 24.5. The largest absolute Gasteiger partial charge is 0.394 e. The molecular weight excluding hydrogens is 466 g/mol. The maximum Gasteiger partial charge on any atom is 0.246 e. The number of likely N-dealkylation sites (tertiary alicyclic amines) is 1. The molecule has 31 heavy (non-hydrogen) atoms. The molecule has 0 saturated carbocycles. The van der Waals surface area contributed by atoms with Gasteiger partial charge in [-0.3, -0.25) is 14.4 Å². The zero-order valence-corrected chi connectivity index (χ0v) is 20.6.